The summed E-state index contributed by atoms with van der Waals surface area (Å²) in [4.78, 5) is 14.9. The van der Waals surface area contributed by atoms with Crippen LogP contribution in [0.1, 0.15) is 24.9 Å². The number of imidazole rings is 1. The monoisotopic (exact) mass is 345 g/mol. The first-order chi connectivity index (χ1) is 12.1. The van der Waals surface area contributed by atoms with Crippen molar-refractivity contribution in [3.8, 4) is 0 Å². The number of aromatic nitrogens is 4. The Morgan fingerprint density at radius 2 is 2.04 bits per heavy atom. The van der Waals surface area contributed by atoms with E-state index in [9.17, 15) is 13.9 Å². The Balaban J connectivity index is 1.80. The molecule has 6 nitrogen and oxygen atoms in total. The zero-order valence-electron chi connectivity index (χ0n) is 13.6. The molecule has 1 fully saturated rings. The van der Waals surface area contributed by atoms with Crippen LogP contribution in [0.5, 0.6) is 0 Å². The SMILES string of the molecule is CCn1cnc2c(N3CC(O)CC3c3ccc(F)c(F)c3)ncnc21. The molecule has 0 spiro atoms. The molecule has 1 aromatic carbocycles. The number of nitrogens with zero attached hydrogens (tertiary/aromatic N) is 5. The Morgan fingerprint density at radius 1 is 1.20 bits per heavy atom. The van der Waals surface area contributed by atoms with E-state index in [0.717, 1.165) is 12.6 Å². The molecule has 2 atom stereocenters. The van der Waals surface area contributed by atoms with Crippen molar-refractivity contribution >= 4 is 17.0 Å². The van der Waals surface area contributed by atoms with Crippen LogP contribution >= 0.6 is 0 Å². The van der Waals surface area contributed by atoms with Crippen molar-refractivity contribution in [2.24, 2.45) is 0 Å². The van der Waals surface area contributed by atoms with Crippen molar-refractivity contribution in [2.75, 3.05) is 11.4 Å². The van der Waals surface area contributed by atoms with E-state index in [1.165, 1.54) is 18.5 Å². The Bertz CT molecular complexity index is 929. The van der Waals surface area contributed by atoms with Gasteiger partial charge < -0.3 is 14.6 Å². The highest BCUT2D eigenvalue weighted by Gasteiger charge is 2.35. The molecule has 2 aromatic heterocycles. The molecule has 25 heavy (non-hydrogen) atoms. The Hall–Kier alpha value is -2.61. The molecule has 1 aliphatic heterocycles. The minimum absolute atomic E-state index is 0.310. The summed E-state index contributed by atoms with van der Waals surface area (Å²) in [5.74, 6) is -1.20. The summed E-state index contributed by atoms with van der Waals surface area (Å²) in [6.07, 6.45) is 2.97. The van der Waals surface area contributed by atoms with Gasteiger partial charge in [-0.05, 0) is 31.0 Å². The number of hydrogen-bond acceptors (Lipinski definition) is 5. The number of halogens is 2. The van der Waals surface area contributed by atoms with Gasteiger partial charge in [-0.25, -0.2) is 23.7 Å². The van der Waals surface area contributed by atoms with Crippen LogP contribution in [0.3, 0.4) is 0 Å². The van der Waals surface area contributed by atoms with E-state index in [2.05, 4.69) is 15.0 Å². The lowest BCUT2D eigenvalue weighted by Gasteiger charge is -2.25. The number of rotatable bonds is 3. The van der Waals surface area contributed by atoms with Gasteiger partial charge in [0.15, 0.2) is 28.6 Å². The van der Waals surface area contributed by atoms with Gasteiger partial charge in [0.1, 0.15) is 6.33 Å². The number of aliphatic hydroxyl groups excluding tert-OH is 1. The second-order valence-corrected chi connectivity index (χ2v) is 6.13. The third-order valence-electron chi connectivity index (χ3n) is 4.60. The van der Waals surface area contributed by atoms with Crippen LogP contribution in [-0.4, -0.2) is 37.3 Å². The summed E-state index contributed by atoms with van der Waals surface area (Å²) >= 11 is 0. The third-order valence-corrected chi connectivity index (χ3v) is 4.60. The van der Waals surface area contributed by atoms with Gasteiger partial charge in [-0.2, -0.15) is 0 Å². The molecule has 2 unspecified atom stereocenters. The van der Waals surface area contributed by atoms with E-state index >= 15 is 0 Å². The molecule has 0 amide bonds. The number of anilines is 1. The van der Waals surface area contributed by atoms with Crippen LogP contribution < -0.4 is 4.90 Å². The molecule has 0 saturated carbocycles. The van der Waals surface area contributed by atoms with Gasteiger partial charge in [0.05, 0.1) is 18.5 Å². The maximum Gasteiger partial charge on any atom is 0.165 e. The minimum atomic E-state index is -0.901. The first-order valence-corrected chi connectivity index (χ1v) is 8.14. The van der Waals surface area contributed by atoms with Crippen LogP contribution in [0.2, 0.25) is 0 Å². The predicted octanol–water partition coefficient (Wildman–Crippen LogP) is 2.44. The van der Waals surface area contributed by atoms with E-state index in [-0.39, 0.29) is 6.04 Å². The quantitative estimate of drug-likeness (QED) is 0.790. The van der Waals surface area contributed by atoms with Crippen molar-refractivity contribution in [2.45, 2.75) is 32.0 Å². The zero-order valence-corrected chi connectivity index (χ0v) is 13.6. The highest BCUT2D eigenvalue weighted by molar-refractivity contribution is 5.83. The third kappa shape index (κ3) is 2.62. The van der Waals surface area contributed by atoms with Gasteiger partial charge in [0, 0.05) is 13.1 Å². The van der Waals surface area contributed by atoms with Gasteiger partial charge >= 0.3 is 0 Å². The van der Waals surface area contributed by atoms with Crippen molar-refractivity contribution < 1.29 is 13.9 Å². The van der Waals surface area contributed by atoms with Crippen LogP contribution in [0.4, 0.5) is 14.6 Å². The number of fused-ring (bicyclic) bond motifs is 1. The molecule has 3 heterocycles. The molecule has 0 radical (unpaired) electrons. The van der Waals surface area contributed by atoms with Crippen molar-refractivity contribution in [1.82, 2.24) is 19.5 Å². The van der Waals surface area contributed by atoms with E-state index in [0.29, 0.717) is 35.5 Å². The van der Waals surface area contributed by atoms with Crippen LogP contribution in [-0.2, 0) is 6.54 Å². The van der Waals surface area contributed by atoms with Gasteiger partial charge in [0.25, 0.3) is 0 Å². The van der Waals surface area contributed by atoms with Gasteiger partial charge in [0.2, 0.25) is 0 Å². The van der Waals surface area contributed by atoms with Crippen molar-refractivity contribution in [3.63, 3.8) is 0 Å². The average molecular weight is 345 g/mol. The van der Waals surface area contributed by atoms with E-state index < -0.39 is 17.7 Å². The molecule has 8 heteroatoms. The second-order valence-electron chi connectivity index (χ2n) is 6.13. The number of aryl methyl sites for hydroxylation is 1. The number of benzene rings is 1. The molecule has 1 aliphatic rings. The van der Waals surface area contributed by atoms with Gasteiger partial charge in [-0.3, -0.25) is 0 Å². The molecule has 130 valence electrons. The number of hydrogen-bond donors (Lipinski definition) is 1. The number of β-amino-alcohol motifs (C(OH)–C–C–N with tert-alkyl or cyclic N) is 1. The Kier molecular flexibility index (Phi) is 3.84. The van der Waals surface area contributed by atoms with Crippen molar-refractivity contribution in [3.05, 3.63) is 48.1 Å². The first-order valence-electron chi connectivity index (χ1n) is 8.14. The van der Waals surface area contributed by atoms with Crippen LogP contribution in [0, 0.1) is 11.6 Å². The molecular formula is C17H17F2N5O. The fraction of sp³-hybridized carbons (Fsp3) is 0.353. The molecular weight excluding hydrogens is 328 g/mol. The highest BCUT2D eigenvalue weighted by Crippen LogP contribution is 2.37. The second kappa shape index (κ2) is 6.03. The first kappa shape index (κ1) is 15.9. The summed E-state index contributed by atoms with van der Waals surface area (Å²) in [5.41, 5.74) is 1.93. The fourth-order valence-electron chi connectivity index (χ4n) is 3.39. The fourth-order valence-corrected chi connectivity index (χ4v) is 3.39. The lowest BCUT2D eigenvalue weighted by molar-refractivity contribution is 0.194. The van der Waals surface area contributed by atoms with E-state index in [1.54, 1.807) is 6.33 Å². The van der Waals surface area contributed by atoms with Gasteiger partial charge in [-0.1, -0.05) is 6.07 Å². The Labute approximate surface area is 142 Å². The maximum absolute atomic E-state index is 13.7. The summed E-state index contributed by atoms with van der Waals surface area (Å²) in [6.45, 7) is 3.06. The van der Waals surface area contributed by atoms with Crippen LogP contribution in [0.25, 0.3) is 11.2 Å². The smallest absolute Gasteiger partial charge is 0.165 e. The normalized spacial score (nSPS) is 20.6. The Morgan fingerprint density at radius 3 is 2.80 bits per heavy atom. The summed E-state index contributed by atoms with van der Waals surface area (Å²) in [5, 5.41) is 10.2. The summed E-state index contributed by atoms with van der Waals surface area (Å²) in [7, 11) is 0. The minimum Gasteiger partial charge on any atom is -0.391 e. The molecule has 0 bridgehead atoms. The zero-order chi connectivity index (χ0) is 17.6. The standard InChI is InChI=1S/C17H17F2N5O/c1-2-23-9-22-15-16(23)20-8-21-17(15)24-7-11(25)6-14(24)10-3-4-12(18)13(19)5-10/h3-5,8-9,11,14,25H,2,6-7H2,1H3. The highest BCUT2D eigenvalue weighted by atomic mass is 19.2. The molecule has 4 rings (SSSR count). The molecule has 3 aromatic rings. The molecule has 1 N–H and O–H groups in total. The van der Waals surface area contributed by atoms with Crippen LogP contribution in [0.15, 0.2) is 30.9 Å². The lowest BCUT2D eigenvalue weighted by Crippen LogP contribution is -2.25. The average Bonchev–Trinajstić information content (AvgIpc) is 3.20. The summed E-state index contributed by atoms with van der Waals surface area (Å²) in [6, 6.07) is 3.51. The molecule has 0 aliphatic carbocycles. The summed E-state index contributed by atoms with van der Waals surface area (Å²) < 4.78 is 28.8. The van der Waals surface area contributed by atoms with Crippen molar-refractivity contribution in [1.29, 1.82) is 0 Å². The van der Waals surface area contributed by atoms with E-state index in [1.807, 2.05) is 16.4 Å². The predicted molar refractivity (Wildman–Crippen MR) is 88.1 cm³/mol. The molecule has 1 saturated heterocycles. The number of aliphatic hydroxyl groups is 1. The van der Waals surface area contributed by atoms with E-state index in [4.69, 9.17) is 0 Å². The van der Waals surface area contributed by atoms with Gasteiger partial charge in [-0.15, -0.1) is 0 Å². The lowest BCUT2D eigenvalue weighted by atomic mass is 10.0. The topological polar surface area (TPSA) is 67.1 Å². The largest absolute Gasteiger partial charge is 0.391 e. The maximum atomic E-state index is 13.7.